The third-order valence-corrected chi connectivity index (χ3v) is 7.93. The summed E-state index contributed by atoms with van der Waals surface area (Å²) in [5.41, 5.74) is 3.61. The van der Waals surface area contributed by atoms with Crippen LogP contribution in [0.15, 0.2) is 47.1 Å². The highest BCUT2D eigenvalue weighted by atomic mass is 32.2. The Labute approximate surface area is 196 Å². The first kappa shape index (κ1) is 22.3. The van der Waals surface area contributed by atoms with Crippen LogP contribution >= 0.6 is 0 Å². The minimum atomic E-state index is -3.12. The molecule has 34 heavy (non-hydrogen) atoms. The van der Waals surface area contributed by atoms with E-state index in [0.717, 1.165) is 29.7 Å². The zero-order valence-electron chi connectivity index (χ0n) is 18.5. The third kappa shape index (κ3) is 4.61. The van der Waals surface area contributed by atoms with Crippen molar-refractivity contribution in [3.63, 3.8) is 0 Å². The first-order chi connectivity index (χ1) is 16.4. The summed E-state index contributed by atoms with van der Waals surface area (Å²) in [4.78, 5) is 30.4. The normalized spacial score (nSPS) is 20.2. The number of sulfone groups is 1. The summed E-state index contributed by atoms with van der Waals surface area (Å²) in [6.45, 7) is -0.476. The number of aromatic nitrogens is 1. The van der Waals surface area contributed by atoms with E-state index in [1.807, 2.05) is 42.5 Å². The number of carbonyl (C=O) groups excluding carboxylic acids is 2. The zero-order valence-corrected chi connectivity index (χ0v) is 19.3. The van der Waals surface area contributed by atoms with Crippen molar-refractivity contribution in [2.24, 2.45) is 0 Å². The molecule has 1 aliphatic carbocycles. The molecule has 1 fully saturated rings. The lowest BCUT2D eigenvalue weighted by molar-refractivity contribution is -0.124. The number of nitrogens with zero attached hydrogens (tertiary/aromatic N) is 1. The van der Waals surface area contributed by atoms with Gasteiger partial charge in [-0.05, 0) is 61.1 Å². The second-order valence-corrected chi connectivity index (χ2v) is 10.8. The largest absolute Gasteiger partial charge is 0.465 e. The Morgan fingerprint density at radius 2 is 2.03 bits per heavy atom. The van der Waals surface area contributed by atoms with Gasteiger partial charge in [-0.3, -0.25) is 4.79 Å². The second kappa shape index (κ2) is 9.06. The van der Waals surface area contributed by atoms with Gasteiger partial charge in [-0.2, -0.15) is 0 Å². The molecule has 1 aliphatic heterocycles. The minimum Gasteiger partial charge on any atom is -0.465 e. The van der Waals surface area contributed by atoms with E-state index in [1.165, 1.54) is 0 Å². The number of pyridine rings is 1. The van der Waals surface area contributed by atoms with Gasteiger partial charge in [0.2, 0.25) is 0 Å². The molecule has 0 bridgehead atoms. The molecule has 1 amide bonds. The van der Waals surface area contributed by atoms with Gasteiger partial charge in [-0.15, -0.1) is 0 Å². The number of carbonyl (C=O) groups is 2. The average Bonchev–Trinajstić information content (AvgIpc) is 3.45. The second-order valence-electron chi connectivity index (χ2n) is 8.61. The van der Waals surface area contributed by atoms with Crippen molar-refractivity contribution in [2.75, 3.05) is 18.1 Å². The van der Waals surface area contributed by atoms with Gasteiger partial charge >= 0.3 is 5.97 Å². The van der Waals surface area contributed by atoms with Gasteiger partial charge in [0.1, 0.15) is 5.76 Å². The van der Waals surface area contributed by atoms with Gasteiger partial charge in [-0.1, -0.05) is 18.2 Å². The SMILES string of the molecule is O=C(COC(=O)c1c2c(nc3ccccc13)C(=Cc1ccco1)CCC2)NC1CCS(=O)(=O)C1. The summed E-state index contributed by atoms with van der Waals surface area (Å²) in [6.07, 6.45) is 6.24. The third-order valence-electron chi connectivity index (χ3n) is 6.17. The molecule has 1 aromatic carbocycles. The van der Waals surface area contributed by atoms with E-state index in [-0.39, 0.29) is 11.5 Å². The molecule has 1 atom stereocenters. The van der Waals surface area contributed by atoms with Crippen LogP contribution in [0.5, 0.6) is 0 Å². The Morgan fingerprint density at radius 1 is 1.18 bits per heavy atom. The molecule has 9 heteroatoms. The Bertz CT molecular complexity index is 1390. The molecule has 3 heterocycles. The molecular weight excluding hydrogens is 456 g/mol. The number of rotatable bonds is 5. The standard InChI is InChI=1S/C25H24N2O6S/c28-22(26-17-10-12-34(30,31)15-17)14-33-25(29)23-19-7-1-2-9-21(19)27-24-16(5-3-8-20(23)24)13-18-6-4-11-32-18/h1-2,4,6-7,9,11,13,17H,3,5,8,10,12,14-15H2,(H,26,28). The molecule has 8 nitrogen and oxygen atoms in total. The Balaban J connectivity index is 1.42. The van der Waals surface area contributed by atoms with Crippen LogP contribution in [0.1, 0.15) is 46.6 Å². The molecule has 0 radical (unpaired) electrons. The number of para-hydroxylation sites is 1. The molecule has 2 aliphatic rings. The van der Waals surface area contributed by atoms with Crippen LogP contribution in [0.25, 0.3) is 22.6 Å². The molecule has 5 rings (SSSR count). The highest BCUT2D eigenvalue weighted by Crippen LogP contribution is 2.36. The van der Waals surface area contributed by atoms with E-state index in [4.69, 9.17) is 14.1 Å². The van der Waals surface area contributed by atoms with Crippen LogP contribution in [0.4, 0.5) is 0 Å². The number of ether oxygens (including phenoxy) is 1. The lowest BCUT2D eigenvalue weighted by atomic mass is 9.86. The quantitative estimate of drug-likeness (QED) is 0.558. The maximum atomic E-state index is 13.2. The Morgan fingerprint density at radius 3 is 2.79 bits per heavy atom. The molecule has 1 saturated heterocycles. The number of esters is 1. The number of fused-ring (bicyclic) bond motifs is 2. The van der Waals surface area contributed by atoms with Crippen molar-refractivity contribution in [1.29, 1.82) is 0 Å². The fraction of sp³-hybridized carbons (Fsp3) is 0.320. The smallest absolute Gasteiger partial charge is 0.339 e. The average molecular weight is 481 g/mol. The van der Waals surface area contributed by atoms with E-state index in [9.17, 15) is 18.0 Å². The van der Waals surface area contributed by atoms with Crippen molar-refractivity contribution in [3.05, 3.63) is 65.2 Å². The lowest BCUT2D eigenvalue weighted by Crippen LogP contribution is -2.38. The molecule has 3 aromatic rings. The number of nitrogens with one attached hydrogen (secondary N) is 1. The summed E-state index contributed by atoms with van der Waals surface area (Å²) in [6, 6.07) is 10.6. The van der Waals surface area contributed by atoms with Gasteiger partial charge in [0.05, 0.1) is 34.5 Å². The van der Waals surface area contributed by atoms with Crippen molar-refractivity contribution in [1.82, 2.24) is 10.3 Å². The topological polar surface area (TPSA) is 116 Å². The minimum absolute atomic E-state index is 0.0563. The van der Waals surface area contributed by atoms with Gasteiger partial charge in [0, 0.05) is 11.4 Å². The fourth-order valence-corrected chi connectivity index (χ4v) is 6.31. The monoisotopic (exact) mass is 480 g/mol. The summed E-state index contributed by atoms with van der Waals surface area (Å²) >= 11 is 0. The van der Waals surface area contributed by atoms with Crippen LogP contribution in [-0.2, 0) is 25.8 Å². The van der Waals surface area contributed by atoms with Crippen molar-refractivity contribution >= 4 is 44.3 Å². The summed E-state index contributed by atoms with van der Waals surface area (Å²) < 4.78 is 34.1. The number of furan rings is 1. The van der Waals surface area contributed by atoms with Crippen molar-refractivity contribution in [3.8, 4) is 0 Å². The first-order valence-corrected chi connectivity index (χ1v) is 13.0. The van der Waals surface area contributed by atoms with E-state index in [0.29, 0.717) is 35.1 Å². The van der Waals surface area contributed by atoms with Crippen LogP contribution < -0.4 is 5.32 Å². The Kier molecular flexibility index (Phi) is 5.95. The predicted molar refractivity (Wildman–Crippen MR) is 127 cm³/mol. The molecule has 0 spiro atoms. The maximum Gasteiger partial charge on any atom is 0.339 e. The summed E-state index contributed by atoms with van der Waals surface area (Å²) in [5.74, 6) is -0.419. The molecular formula is C25H24N2O6S. The van der Waals surface area contributed by atoms with Crippen LogP contribution in [0.2, 0.25) is 0 Å². The summed E-state index contributed by atoms with van der Waals surface area (Å²) in [5, 5.41) is 3.32. The molecule has 1 unspecified atom stereocenters. The zero-order chi connectivity index (χ0) is 23.7. The van der Waals surface area contributed by atoms with Crippen LogP contribution in [0, 0.1) is 0 Å². The van der Waals surface area contributed by atoms with Gasteiger partial charge in [0.15, 0.2) is 16.4 Å². The summed E-state index contributed by atoms with van der Waals surface area (Å²) in [7, 11) is -3.12. The van der Waals surface area contributed by atoms with E-state index < -0.39 is 34.4 Å². The lowest BCUT2D eigenvalue weighted by Gasteiger charge is -2.22. The maximum absolute atomic E-state index is 13.2. The fourth-order valence-electron chi connectivity index (χ4n) is 4.63. The van der Waals surface area contributed by atoms with Crippen molar-refractivity contribution in [2.45, 2.75) is 31.7 Å². The molecule has 176 valence electrons. The molecule has 0 saturated carbocycles. The van der Waals surface area contributed by atoms with E-state index in [2.05, 4.69) is 5.32 Å². The predicted octanol–water partition coefficient (Wildman–Crippen LogP) is 3.16. The first-order valence-electron chi connectivity index (χ1n) is 11.2. The van der Waals surface area contributed by atoms with Gasteiger partial charge < -0.3 is 14.5 Å². The van der Waals surface area contributed by atoms with E-state index in [1.54, 1.807) is 6.26 Å². The number of allylic oxidation sites excluding steroid dienone is 1. The highest BCUT2D eigenvalue weighted by Gasteiger charge is 2.30. The molecule has 1 N–H and O–H groups in total. The van der Waals surface area contributed by atoms with Crippen LogP contribution in [0.3, 0.4) is 0 Å². The highest BCUT2D eigenvalue weighted by molar-refractivity contribution is 7.91. The number of hydrogen-bond donors (Lipinski definition) is 1. The van der Waals surface area contributed by atoms with E-state index >= 15 is 0 Å². The number of amides is 1. The van der Waals surface area contributed by atoms with Gasteiger partial charge in [0.25, 0.3) is 5.91 Å². The Hall–Kier alpha value is -3.46. The number of hydrogen-bond acceptors (Lipinski definition) is 7. The van der Waals surface area contributed by atoms with Crippen molar-refractivity contribution < 1.29 is 27.2 Å². The number of benzene rings is 1. The molecule has 2 aromatic heterocycles. The van der Waals surface area contributed by atoms with Gasteiger partial charge in [-0.25, -0.2) is 18.2 Å². The van der Waals surface area contributed by atoms with Crippen LogP contribution in [-0.4, -0.2) is 49.4 Å².